The molecule has 3 aromatic rings. The average molecular weight is 427 g/mol. The molecule has 7 rings (SSSR count). The first kappa shape index (κ1) is 18.6. The number of carboxylic acid groups (broad SMARTS) is 1. The first-order chi connectivity index (χ1) is 15.6. The van der Waals surface area contributed by atoms with Gasteiger partial charge in [0, 0.05) is 5.56 Å². The number of benzene rings is 3. The van der Waals surface area contributed by atoms with E-state index in [9.17, 15) is 9.90 Å². The van der Waals surface area contributed by atoms with E-state index in [4.69, 9.17) is 9.47 Å². The Hall–Kier alpha value is -3.01. The fourth-order valence-corrected chi connectivity index (χ4v) is 7.46. The van der Waals surface area contributed by atoms with Gasteiger partial charge in [0.05, 0.1) is 5.56 Å². The summed E-state index contributed by atoms with van der Waals surface area (Å²) in [7, 11) is 0. The molecule has 2 atom stereocenters. The van der Waals surface area contributed by atoms with Gasteiger partial charge in [-0.1, -0.05) is 37.5 Å². The lowest BCUT2D eigenvalue weighted by molar-refractivity contribution is 0.0697. The van der Waals surface area contributed by atoms with Crippen molar-refractivity contribution in [2.24, 2.45) is 17.8 Å². The molecule has 2 bridgehead atoms. The molecule has 0 radical (unpaired) electrons. The molecule has 3 aromatic carbocycles. The number of carboxylic acids is 1. The van der Waals surface area contributed by atoms with Gasteiger partial charge in [-0.3, -0.25) is 0 Å². The van der Waals surface area contributed by atoms with E-state index in [1.54, 1.807) is 12.1 Å². The molecule has 2 unspecified atom stereocenters. The van der Waals surface area contributed by atoms with Crippen molar-refractivity contribution in [1.29, 1.82) is 0 Å². The Balaban J connectivity index is 1.34. The zero-order valence-corrected chi connectivity index (χ0v) is 18.0. The minimum atomic E-state index is -0.896. The highest BCUT2D eigenvalue weighted by Gasteiger charge is 2.58. The topological polar surface area (TPSA) is 55.8 Å². The van der Waals surface area contributed by atoms with E-state index in [2.05, 4.69) is 24.3 Å². The molecule has 32 heavy (non-hydrogen) atoms. The van der Waals surface area contributed by atoms with Crippen molar-refractivity contribution >= 4 is 16.7 Å². The summed E-state index contributed by atoms with van der Waals surface area (Å²) in [6.45, 7) is 0.299. The van der Waals surface area contributed by atoms with Crippen molar-refractivity contribution in [3.05, 3.63) is 59.7 Å². The van der Waals surface area contributed by atoms with E-state index in [0.717, 1.165) is 51.2 Å². The van der Waals surface area contributed by atoms with Crippen LogP contribution in [0.5, 0.6) is 11.5 Å². The Kier molecular flexibility index (Phi) is 3.77. The Labute approximate surface area is 187 Å². The van der Waals surface area contributed by atoms with E-state index in [-0.39, 0.29) is 5.41 Å². The van der Waals surface area contributed by atoms with Crippen molar-refractivity contribution in [2.75, 3.05) is 6.79 Å². The summed E-state index contributed by atoms with van der Waals surface area (Å²) in [5, 5.41) is 11.3. The summed E-state index contributed by atoms with van der Waals surface area (Å²) < 4.78 is 11.9. The van der Waals surface area contributed by atoms with Gasteiger partial charge in [0.2, 0.25) is 6.79 Å². The molecule has 3 aliphatic carbocycles. The molecule has 1 N–H and O–H groups in total. The monoisotopic (exact) mass is 426 g/mol. The second-order valence-corrected chi connectivity index (χ2v) is 10.3. The number of hydrogen-bond acceptors (Lipinski definition) is 3. The molecule has 4 heteroatoms. The molecule has 4 nitrogen and oxygen atoms in total. The first-order valence-corrected chi connectivity index (χ1v) is 11.8. The fourth-order valence-electron chi connectivity index (χ4n) is 7.46. The van der Waals surface area contributed by atoms with Gasteiger partial charge in [-0.25, -0.2) is 4.79 Å². The SMILES string of the molecule is O=C(O)c1ccc2cc(-c3cc4c(c(C56CC7CCCC(C5)C7C6)c3)OCO4)ccc2c1. The second kappa shape index (κ2) is 6.50. The van der Waals surface area contributed by atoms with Crippen LogP contribution in [-0.2, 0) is 5.41 Å². The maximum Gasteiger partial charge on any atom is 0.335 e. The third kappa shape index (κ3) is 2.58. The van der Waals surface area contributed by atoms with Crippen LogP contribution in [0.25, 0.3) is 21.9 Å². The lowest BCUT2D eigenvalue weighted by Crippen LogP contribution is -2.30. The van der Waals surface area contributed by atoms with Crippen LogP contribution in [-0.4, -0.2) is 17.9 Å². The lowest BCUT2D eigenvalue weighted by atomic mass is 9.66. The van der Waals surface area contributed by atoms with Gasteiger partial charge in [-0.15, -0.1) is 0 Å². The maximum atomic E-state index is 11.3. The van der Waals surface area contributed by atoms with Crippen LogP contribution in [0.3, 0.4) is 0 Å². The highest BCUT2D eigenvalue weighted by molar-refractivity contribution is 5.95. The van der Waals surface area contributed by atoms with Crippen LogP contribution < -0.4 is 9.47 Å². The van der Waals surface area contributed by atoms with Gasteiger partial charge >= 0.3 is 5.97 Å². The second-order valence-electron chi connectivity index (χ2n) is 10.3. The normalized spacial score (nSPS) is 29.6. The van der Waals surface area contributed by atoms with Crippen LogP contribution in [0.1, 0.15) is 54.4 Å². The van der Waals surface area contributed by atoms with E-state index >= 15 is 0 Å². The summed E-state index contributed by atoms with van der Waals surface area (Å²) in [6, 6.07) is 16.0. The van der Waals surface area contributed by atoms with Gasteiger partial charge in [0.25, 0.3) is 0 Å². The Bertz CT molecular complexity index is 1260. The predicted octanol–water partition coefficient (Wildman–Crippen LogP) is 6.40. The molecular weight excluding hydrogens is 400 g/mol. The molecule has 0 spiro atoms. The Morgan fingerprint density at radius 2 is 1.66 bits per heavy atom. The van der Waals surface area contributed by atoms with Crippen LogP contribution in [0.15, 0.2) is 48.5 Å². The van der Waals surface area contributed by atoms with Crippen molar-refractivity contribution in [2.45, 2.75) is 43.9 Å². The fraction of sp³-hybridized carbons (Fsp3) is 0.393. The number of hydrogen-bond donors (Lipinski definition) is 1. The summed E-state index contributed by atoms with van der Waals surface area (Å²) >= 11 is 0. The molecule has 162 valence electrons. The Morgan fingerprint density at radius 1 is 0.875 bits per heavy atom. The average Bonchev–Trinajstić information content (AvgIpc) is 3.51. The summed E-state index contributed by atoms with van der Waals surface area (Å²) in [5.41, 5.74) is 4.20. The smallest absolute Gasteiger partial charge is 0.335 e. The minimum absolute atomic E-state index is 0.238. The van der Waals surface area contributed by atoms with Gasteiger partial charge in [-0.05, 0) is 94.7 Å². The van der Waals surface area contributed by atoms with Crippen LogP contribution in [0, 0.1) is 17.8 Å². The standard InChI is InChI=1S/C28H26O4/c29-27(30)19-7-6-16-8-18(5-4-17(16)9-19)22-10-24(26-25(11-22)31-15-32-26)28-12-20-2-1-3-21(13-28)23(20)14-28/h4-11,20-21,23H,1-3,12-15H2,(H,29,30). The van der Waals surface area contributed by atoms with Crippen molar-refractivity contribution < 1.29 is 19.4 Å². The summed E-state index contributed by atoms with van der Waals surface area (Å²) in [4.78, 5) is 11.3. The molecule has 4 aliphatic rings. The van der Waals surface area contributed by atoms with E-state index in [1.807, 2.05) is 12.1 Å². The van der Waals surface area contributed by atoms with Crippen LogP contribution in [0.2, 0.25) is 0 Å². The maximum absolute atomic E-state index is 11.3. The molecule has 0 saturated heterocycles. The van der Waals surface area contributed by atoms with E-state index in [0.29, 0.717) is 12.4 Å². The third-order valence-electron chi connectivity index (χ3n) is 8.76. The zero-order chi connectivity index (χ0) is 21.4. The summed E-state index contributed by atoms with van der Waals surface area (Å²) in [6.07, 6.45) is 8.08. The van der Waals surface area contributed by atoms with E-state index in [1.165, 1.54) is 44.1 Å². The van der Waals surface area contributed by atoms with E-state index < -0.39 is 5.97 Å². The highest BCUT2D eigenvalue weighted by atomic mass is 16.7. The largest absolute Gasteiger partial charge is 0.478 e. The first-order valence-electron chi connectivity index (χ1n) is 11.8. The van der Waals surface area contributed by atoms with Crippen molar-refractivity contribution in [1.82, 2.24) is 0 Å². The number of fused-ring (bicyclic) bond motifs is 3. The van der Waals surface area contributed by atoms with Crippen molar-refractivity contribution in [3.8, 4) is 22.6 Å². The molecule has 3 saturated carbocycles. The van der Waals surface area contributed by atoms with Gasteiger partial charge in [0.1, 0.15) is 0 Å². The minimum Gasteiger partial charge on any atom is -0.478 e. The van der Waals surface area contributed by atoms with Gasteiger partial charge in [0.15, 0.2) is 11.5 Å². The van der Waals surface area contributed by atoms with Crippen molar-refractivity contribution in [3.63, 3.8) is 0 Å². The molecule has 1 heterocycles. The van der Waals surface area contributed by atoms with Gasteiger partial charge in [-0.2, -0.15) is 0 Å². The predicted molar refractivity (Wildman–Crippen MR) is 122 cm³/mol. The third-order valence-corrected chi connectivity index (χ3v) is 8.76. The number of carbonyl (C=O) groups is 1. The highest BCUT2D eigenvalue weighted by Crippen LogP contribution is 2.66. The Morgan fingerprint density at radius 3 is 2.44 bits per heavy atom. The number of ether oxygens (including phenoxy) is 2. The summed E-state index contributed by atoms with van der Waals surface area (Å²) in [5.74, 6) is 3.61. The zero-order valence-electron chi connectivity index (χ0n) is 18.0. The van der Waals surface area contributed by atoms with Crippen LogP contribution >= 0.6 is 0 Å². The lowest BCUT2D eigenvalue weighted by Gasteiger charge is -2.39. The molecule has 0 aromatic heterocycles. The number of rotatable bonds is 3. The quantitative estimate of drug-likeness (QED) is 0.526. The molecule has 3 fully saturated rings. The molecule has 0 amide bonds. The molecular formula is C28H26O4. The van der Waals surface area contributed by atoms with Gasteiger partial charge < -0.3 is 14.6 Å². The van der Waals surface area contributed by atoms with Crippen LogP contribution in [0.4, 0.5) is 0 Å². The number of aromatic carboxylic acids is 1. The molecule has 1 aliphatic heterocycles.